The van der Waals surface area contributed by atoms with Crippen LogP contribution in [0.3, 0.4) is 0 Å². The summed E-state index contributed by atoms with van der Waals surface area (Å²) in [5.74, 6) is 1.09. The minimum atomic E-state index is -0.376. The Bertz CT molecular complexity index is 580. The van der Waals surface area contributed by atoms with Crippen LogP contribution in [0, 0.1) is 6.92 Å². The van der Waals surface area contributed by atoms with Crippen LogP contribution >= 0.6 is 15.9 Å². The van der Waals surface area contributed by atoms with E-state index in [0.717, 1.165) is 17.3 Å². The Morgan fingerprint density at radius 1 is 1.39 bits per heavy atom. The van der Waals surface area contributed by atoms with Crippen LogP contribution in [0.1, 0.15) is 22.0 Å². The second-order valence-electron chi connectivity index (χ2n) is 3.64. The molecular weight excluding hydrogens is 298 g/mol. The average molecular weight is 310 g/mol. The molecule has 0 aliphatic rings. The molecule has 2 rings (SSSR count). The SMILES string of the molecule is COC(=O)c1ccccc1-n1c(C)nnc1CBr. The van der Waals surface area contributed by atoms with E-state index >= 15 is 0 Å². The van der Waals surface area contributed by atoms with Crippen molar-refractivity contribution in [2.75, 3.05) is 7.11 Å². The number of aryl methyl sites for hydroxylation is 1. The number of esters is 1. The lowest BCUT2D eigenvalue weighted by atomic mass is 10.1. The number of methoxy groups -OCH3 is 1. The van der Waals surface area contributed by atoms with Crippen LogP contribution in [0.15, 0.2) is 24.3 Å². The summed E-state index contributed by atoms with van der Waals surface area (Å²) in [7, 11) is 1.36. The van der Waals surface area contributed by atoms with Crippen molar-refractivity contribution in [3.63, 3.8) is 0 Å². The molecule has 1 aromatic carbocycles. The molecule has 94 valence electrons. The number of nitrogens with zero attached hydrogens (tertiary/aromatic N) is 3. The van der Waals surface area contributed by atoms with Crippen molar-refractivity contribution in [2.45, 2.75) is 12.3 Å². The third kappa shape index (κ3) is 2.15. The highest BCUT2D eigenvalue weighted by atomic mass is 79.9. The van der Waals surface area contributed by atoms with E-state index in [-0.39, 0.29) is 5.97 Å². The molecule has 0 amide bonds. The first-order valence-electron chi connectivity index (χ1n) is 5.33. The lowest BCUT2D eigenvalue weighted by Gasteiger charge is -2.11. The number of halogens is 1. The Labute approximate surface area is 113 Å². The van der Waals surface area contributed by atoms with Crippen molar-refractivity contribution in [3.05, 3.63) is 41.5 Å². The molecule has 5 nitrogen and oxygen atoms in total. The van der Waals surface area contributed by atoms with E-state index in [9.17, 15) is 4.79 Å². The third-order valence-corrected chi connectivity index (χ3v) is 3.06. The zero-order valence-corrected chi connectivity index (χ0v) is 11.6. The lowest BCUT2D eigenvalue weighted by Crippen LogP contribution is -2.10. The van der Waals surface area contributed by atoms with Crippen LogP contribution < -0.4 is 0 Å². The number of carbonyl (C=O) groups excluding carboxylic acids is 1. The van der Waals surface area contributed by atoms with Crippen LogP contribution in [-0.4, -0.2) is 27.8 Å². The van der Waals surface area contributed by atoms with E-state index in [4.69, 9.17) is 4.74 Å². The molecule has 0 unspecified atom stereocenters. The summed E-state index contributed by atoms with van der Waals surface area (Å²) in [6, 6.07) is 7.22. The molecule has 0 fully saturated rings. The molecule has 2 aromatic rings. The minimum absolute atomic E-state index is 0.376. The predicted octanol–water partition coefficient (Wildman–Crippen LogP) is 2.26. The number of hydrogen-bond donors (Lipinski definition) is 0. The van der Waals surface area contributed by atoms with E-state index < -0.39 is 0 Å². The van der Waals surface area contributed by atoms with Gasteiger partial charge in [-0.3, -0.25) is 4.57 Å². The Morgan fingerprint density at radius 2 is 2.11 bits per heavy atom. The number of aromatic nitrogens is 3. The summed E-state index contributed by atoms with van der Waals surface area (Å²) in [6.45, 7) is 1.84. The molecule has 0 spiro atoms. The summed E-state index contributed by atoms with van der Waals surface area (Å²) >= 11 is 3.36. The zero-order valence-electron chi connectivity index (χ0n) is 10.1. The number of benzene rings is 1. The normalized spacial score (nSPS) is 10.4. The van der Waals surface area contributed by atoms with Gasteiger partial charge in [-0.25, -0.2) is 4.79 Å². The highest BCUT2D eigenvalue weighted by Gasteiger charge is 2.17. The van der Waals surface area contributed by atoms with Crippen LogP contribution in [-0.2, 0) is 10.1 Å². The predicted molar refractivity (Wildman–Crippen MR) is 70.1 cm³/mol. The van der Waals surface area contributed by atoms with Crippen LogP contribution in [0.25, 0.3) is 5.69 Å². The number of para-hydroxylation sites is 1. The first-order valence-corrected chi connectivity index (χ1v) is 6.45. The number of hydrogen-bond acceptors (Lipinski definition) is 4. The Hall–Kier alpha value is -1.69. The van der Waals surface area contributed by atoms with Crippen LogP contribution in [0.2, 0.25) is 0 Å². The number of carbonyl (C=O) groups is 1. The lowest BCUT2D eigenvalue weighted by molar-refractivity contribution is 0.0601. The van der Waals surface area contributed by atoms with Gasteiger partial charge in [-0.2, -0.15) is 0 Å². The standard InChI is InChI=1S/C12H12BrN3O2/c1-8-14-15-11(7-13)16(8)10-6-4-3-5-9(10)12(17)18-2/h3-6H,7H2,1-2H3. The molecule has 0 atom stereocenters. The largest absolute Gasteiger partial charge is 0.465 e. The van der Waals surface area contributed by atoms with Crippen molar-refractivity contribution >= 4 is 21.9 Å². The zero-order chi connectivity index (χ0) is 13.1. The van der Waals surface area contributed by atoms with E-state index in [1.54, 1.807) is 12.1 Å². The van der Waals surface area contributed by atoms with Crippen molar-refractivity contribution in [1.29, 1.82) is 0 Å². The number of alkyl halides is 1. The summed E-state index contributed by atoms with van der Waals surface area (Å²) < 4.78 is 6.62. The molecule has 6 heteroatoms. The van der Waals surface area contributed by atoms with Gasteiger partial charge in [-0.15, -0.1) is 10.2 Å². The Morgan fingerprint density at radius 3 is 2.78 bits per heavy atom. The molecule has 18 heavy (non-hydrogen) atoms. The van der Waals surface area contributed by atoms with Crippen LogP contribution in [0.5, 0.6) is 0 Å². The number of ether oxygens (including phenoxy) is 1. The van der Waals surface area contributed by atoms with Gasteiger partial charge in [0.15, 0.2) is 0 Å². The first kappa shape index (κ1) is 12.8. The second-order valence-corrected chi connectivity index (χ2v) is 4.20. The maximum atomic E-state index is 11.8. The van der Waals surface area contributed by atoms with Gasteiger partial charge in [-0.1, -0.05) is 28.1 Å². The minimum Gasteiger partial charge on any atom is -0.465 e. The molecule has 0 N–H and O–H groups in total. The van der Waals surface area contributed by atoms with E-state index in [1.807, 2.05) is 23.6 Å². The first-order chi connectivity index (χ1) is 8.69. The highest BCUT2D eigenvalue weighted by molar-refractivity contribution is 9.08. The highest BCUT2D eigenvalue weighted by Crippen LogP contribution is 2.19. The van der Waals surface area contributed by atoms with Gasteiger partial charge in [0.1, 0.15) is 11.6 Å². The topological polar surface area (TPSA) is 57.0 Å². The van der Waals surface area contributed by atoms with Gasteiger partial charge in [0.25, 0.3) is 0 Å². The van der Waals surface area contributed by atoms with Gasteiger partial charge in [0.2, 0.25) is 0 Å². The Balaban J connectivity index is 2.63. The monoisotopic (exact) mass is 309 g/mol. The van der Waals surface area contributed by atoms with Crippen molar-refractivity contribution in [3.8, 4) is 5.69 Å². The van der Waals surface area contributed by atoms with Crippen molar-refractivity contribution in [2.24, 2.45) is 0 Å². The van der Waals surface area contributed by atoms with Crippen molar-refractivity contribution in [1.82, 2.24) is 14.8 Å². The van der Waals surface area contributed by atoms with Gasteiger partial charge in [0.05, 0.1) is 23.7 Å². The maximum absolute atomic E-state index is 11.8. The van der Waals surface area contributed by atoms with Crippen molar-refractivity contribution < 1.29 is 9.53 Å². The Kier molecular flexibility index (Phi) is 3.76. The smallest absolute Gasteiger partial charge is 0.339 e. The fourth-order valence-corrected chi connectivity index (χ4v) is 2.12. The van der Waals surface area contributed by atoms with E-state index in [2.05, 4.69) is 26.1 Å². The average Bonchev–Trinajstić information content (AvgIpc) is 2.78. The molecule has 0 saturated heterocycles. The van der Waals surface area contributed by atoms with E-state index in [1.165, 1.54) is 7.11 Å². The summed E-state index contributed by atoms with van der Waals surface area (Å²) in [4.78, 5) is 11.8. The fourth-order valence-electron chi connectivity index (χ4n) is 1.76. The molecule has 0 aliphatic carbocycles. The molecule has 0 saturated carbocycles. The molecule has 1 aromatic heterocycles. The van der Waals surface area contributed by atoms with Crippen LogP contribution in [0.4, 0.5) is 0 Å². The van der Waals surface area contributed by atoms with Gasteiger partial charge in [0, 0.05) is 0 Å². The third-order valence-electron chi connectivity index (χ3n) is 2.56. The molecule has 0 aliphatic heterocycles. The second kappa shape index (κ2) is 5.30. The van der Waals surface area contributed by atoms with Gasteiger partial charge in [-0.05, 0) is 19.1 Å². The summed E-state index contributed by atoms with van der Waals surface area (Å²) in [5.41, 5.74) is 1.21. The molecule has 0 bridgehead atoms. The van der Waals surface area contributed by atoms with Gasteiger partial charge >= 0.3 is 5.97 Å². The molecule has 1 heterocycles. The molecular formula is C12H12BrN3O2. The number of rotatable bonds is 3. The fraction of sp³-hybridized carbons (Fsp3) is 0.250. The quantitative estimate of drug-likeness (QED) is 0.644. The maximum Gasteiger partial charge on any atom is 0.339 e. The van der Waals surface area contributed by atoms with Gasteiger partial charge < -0.3 is 4.74 Å². The summed E-state index contributed by atoms with van der Waals surface area (Å²) in [5, 5.41) is 8.63. The summed E-state index contributed by atoms with van der Waals surface area (Å²) in [6.07, 6.45) is 0. The molecule has 0 radical (unpaired) electrons. The van der Waals surface area contributed by atoms with E-state index in [0.29, 0.717) is 10.9 Å².